The highest BCUT2D eigenvalue weighted by Crippen LogP contribution is 2.48. The standard InChI is InChI=1S/C21H22N2O4/c24-19(21(10-11-21)20(25)23-12-14-26-15-13-23)22-17-8-4-5-9-18(17)27-16-6-2-1-3-7-16/h1-9H,10-15H2,(H,22,24). The number of morpholine rings is 1. The average molecular weight is 366 g/mol. The van der Waals surface area contributed by atoms with Crippen LogP contribution in [0.4, 0.5) is 5.69 Å². The summed E-state index contributed by atoms with van der Waals surface area (Å²) in [6, 6.07) is 16.6. The molecule has 0 spiro atoms. The SMILES string of the molecule is O=C(Nc1ccccc1Oc1ccccc1)C1(C(=O)N2CCOCC2)CC1. The van der Waals surface area contributed by atoms with Crippen LogP contribution in [-0.2, 0) is 14.3 Å². The minimum atomic E-state index is -0.947. The molecule has 0 bridgehead atoms. The first-order valence-electron chi connectivity index (χ1n) is 9.20. The van der Waals surface area contributed by atoms with Crippen LogP contribution in [0, 0.1) is 5.41 Å². The van der Waals surface area contributed by atoms with E-state index < -0.39 is 5.41 Å². The zero-order valence-corrected chi connectivity index (χ0v) is 15.0. The van der Waals surface area contributed by atoms with E-state index in [0.717, 1.165) is 0 Å². The van der Waals surface area contributed by atoms with Crippen molar-refractivity contribution < 1.29 is 19.1 Å². The van der Waals surface area contributed by atoms with E-state index in [4.69, 9.17) is 9.47 Å². The molecule has 2 aliphatic rings. The third-order valence-electron chi connectivity index (χ3n) is 5.00. The lowest BCUT2D eigenvalue weighted by Crippen LogP contribution is -2.47. The van der Waals surface area contributed by atoms with Gasteiger partial charge in [0.05, 0.1) is 18.9 Å². The molecule has 0 radical (unpaired) electrons. The maximum absolute atomic E-state index is 12.9. The minimum Gasteiger partial charge on any atom is -0.455 e. The molecule has 0 aromatic heterocycles. The molecule has 6 nitrogen and oxygen atoms in total. The van der Waals surface area contributed by atoms with E-state index in [9.17, 15) is 9.59 Å². The van der Waals surface area contributed by atoms with Gasteiger partial charge >= 0.3 is 0 Å². The number of hydrogen-bond donors (Lipinski definition) is 1. The van der Waals surface area contributed by atoms with Crippen molar-refractivity contribution in [1.29, 1.82) is 0 Å². The second kappa shape index (κ2) is 7.40. The lowest BCUT2D eigenvalue weighted by molar-refractivity contribution is -0.145. The fourth-order valence-electron chi connectivity index (χ4n) is 3.25. The van der Waals surface area contributed by atoms with Crippen molar-refractivity contribution in [1.82, 2.24) is 4.90 Å². The number of amides is 2. The Bertz CT molecular complexity index is 827. The van der Waals surface area contributed by atoms with Crippen molar-refractivity contribution in [2.45, 2.75) is 12.8 Å². The van der Waals surface area contributed by atoms with E-state index in [1.807, 2.05) is 42.5 Å². The van der Waals surface area contributed by atoms with Gasteiger partial charge in [-0.2, -0.15) is 0 Å². The average Bonchev–Trinajstić information content (AvgIpc) is 3.52. The molecule has 140 valence electrons. The molecule has 0 unspecified atom stereocenters. The van der Waals surface area contributed by atoms with Gasteiger partial charge in [0.2, 0.25) is 11.8 Å². The molecule has 1 aliphatic heterocycles. The van der Waals surface area contributed by atoms with E-state index in [1.54, 1.807) is 17.0 Å². The number of hydrogen-bond acceptors (Lipinski definition) is 4. The summed E-state index contributed by atoms with van der Waals surface area (Å²) in [5, 5.41) is 2.91. The Hall–Kier alpha value is -2.86. The molecule has 1 saturated heterocycles. The van der Waals surface area contributed by atoms with Crippen molar-refractivity contribution in [3.8, 4) is 11.5 Å². The molecule has 2 amide bonds. The van der Waals surface area contributed by atoms with Crippen LogP contribution in [-0.4, -0.2) is 43.0 Å². The van der Waals surface area contributed by atoms with E-state index in [2.05, 4.69) is 5.32 Å². The molecule has 27 heavy (non-hydrogen) atoms. The molecule has 0 atom stereocenters. The molecule has 2 aromatic carbocycles. The van der Waals surface area contributed by atoms with Gasteiger partial charge in [0.15, 0.2) is 5.75 Å². The topological polar surface area (TPSA) is 67.9 Å². The predicted octanol–water partition coefficient (Wildman–Crippen LogP) is 3.06. The largest absolute Gasteiger partial charge is 0.455 e. The normalized spacial score (nSPS) is 17.9. The van der Waals surface area contributed by atoms with Gasteiger partial charge in [0, 0.05) is 13.1 Å². The van der Waals surface area contributed by atoms with Crippen molar-refractivity contribution >= 4 is 17.5 Å². The smallest absolute Gasteiger partial charge is 0.240 e. The summed E-state index contributed by atoms with van der Waals surface area (Å²) >= 11 is 0. The van der Waals surface area contributed by atoms with Crippen LogP contribution < -0.4 is 10.1 Å². The van der Waals surface area contributed by atoms with E-state index in [1.165, 1.54) is 0 Å². The fraction of sp³-hybridized carbons (Fsp3) is 0.333. The molecule has 2 aromatic rings. The van der Waals surface area contributed by atoms with Crippen LogP contribution >= 0.6 is 0 Å². The predicted molar refractivity (Wildman–Crippen MR) is 101 cm³/mol. The van der Waals surface area contributed by atoms with Crippen LogP contribution in [0.25, 0.3) is 0 Å². The van der Waals surface area contributed by atoms with Crippen LogP contribution in [0.15, 0.2) is 54.6 Å². The van der Waals surface area contributed by atoms with Gasteiger partial charge in [-0.1, -0.05) is 30.3 Å². The molecule has 4 rings (SSSR count). The number of nitrogens with one attached hydrogen (secondary N) is 1. The second-order valence-corrected chi connectivity index (χ2v) is 6.85. The second-order valence-electron chi connectivity index (χ2n) is 6.85. The van der Waals surface area contributed by atoms with Crippen molar-refractivity contribution in [3.63, 3.8) is 0 Å². The summed E-state index contributed by atoms with van der Waals surface area (Å²) < 4.78 is 11.2. The van der Waals surface area contributed by atoms with Gasteiger partial charge < -0.3 is 19.7 Å². The van der Waals surface area contributed by atoms with E-state index in [0.29, 0.717) is 56.3 Å². The van der Waals surface area contributed by atoms with Crippen LogP contribution in [0.5, 0.6) is 11.5 Å². The quantitative estimate of drug-likeness (QED) is 0.826. The summed E-state index contributed by atoms with van der Waals surface area (Å²) in [7, 11) is 0. The number of benzene rings is 2. The lowest BCUT2D eigenvalue weighted by Gasteiger charge is -2.30. The van der Waals surface area contributed by atoms with Crippen LogP contribution in [0.3, 0.4) is 0 Å². The molecule has 6 heteroatoms. The molecule has 2 fully saturated rings. The molecule has 1 heterocycles. The first-order valence-corrected chi connectivity index (χ1v) is 9.20. The monoisotopic (exact) mass is 366 g/mol. The Balaban J connectivity index is 1.49. The maximum atomic E-state index is 12.9. The summed E-state index contributed by atoms with van der Waals surface area (Å²) in [5.41, 5.74) is -0.385. The molecule has 1 N–H and O–H groups in total. The minimum absolute atomic E-state index is 0.0928. The first-order chi connectivity index (χ1) is 13.2. The molecular formula is C21H22N2O4. The fourth-order valence-corrected chi connectivity index (χ4v) is 3.25. The summed E-state index contributed by atoms with van der Waals surface area (Å²) in [6.07, 6.45) is 1.16. The number of ether oxygens (including phenoxy) is 2. The Kier molecular flexibility index (Phi) is 4.81. The van der Waals surface area contributed by atoms with Gasteiger partial charge in [-0.15, -0.1) is 0 Å². The summed E-state index contributed by atoms with van der Waals surface area (Å²) in [5.74, 6) is 0.879. The summed E-state index contributed by atoms with van der Waals surface area (Å²) in [6.45, 7) is 2.14. The third kappa shape index (κ3) is 3.66. The Morgan fingerprint density at radius 2 is 1.63 bits per heavy atom. The van der Waals surface area contributed by atoms with Gasteiger partial charge in [0.25, 0.3) is 0 Å². The van der Waals surface area contributed by atoms with Gasteiger partial charge in [0.1, 0.15) is 11.2 Å². The zero-order valence-electron chi connectivity index (χ0n) is 15.0. The highest BCUT2D eigenvalue weighted by molar-refractivity contribution is 6.13. The van der Waals surface area contributed by atoms with Gasteiger partial charge in [-0.3, -0.25) is 9.59 Å². The lowest BCUT2D eigenvalue weighted by atomic mass is 10.0. The number of nitrogens with zero attached hydrogens (tertiary/aromatic N) is 1. The molecule has 1 saturated carbocycles. The van der Waals surface area contributed by atoms with E-state index in [-0.39, 0.29) is 11.8 Å². The molecule has 1 aliphatic carbocycles. The van der Waals surface area contributed by atoms with E-state index >= 15 is 0 Å². The highest BCUT2D eigenvalue weighted by Gasteiger charge is 2.58. The number of carbonyl (C=O) groups is 2. The third-order valence-corrected chi connectivity index (χ3v) is 5.00. The molecular weight excluding hydrogens is 344 g/mol. The Labute approximate surface area is 158 Å². The first kappa shape index (κ1) is 17.5. The number of anilines is 1. The van der Waals surface area contributed by atoms with Crippen LogP contribution in [0.2, 0.25) is 0 Å². The number of para-hydroxylation sites is 3. The Morgan fingerprint density at radius 1 is 0.963 bits per heavy atom. The van der Waals surface area contributed by atoms with Gasteiger partial charge in [-0.05, 0) is 37.1 Å². The van der Waals surface area contributed by atoms with Crippen molar-refractivity contribution in [3.05, 3.63) is 54.6 Å². The van der Waals surface area contributed by atoms with Crippen molar-refractivity contribution in [2.75, 3.05) is 31.6 Å². The number of rotatable bonds is 5. The van der Waals surface area contributed by atoms with Gasteiger partial charge in [-0.25, -0.2) is 0 Å². The van der Waals surface area contributed by atoms with Crippen LogP contribution in [0.1, 0.15) is 12.8 Å². The maximum Gasteiger partial charge on any atom is 0.240 e. The Morgan fingerprint density at radius 3 is 2.33 bits per heavy atom. The zero-order chi connectivity index (χ0) is 18.7. The number of carbonyl (C=O) groups excluding carboxylic acids is 2. The van der Waals surface area contributed by atoms with Crippen molar-refractivity contribution in [2.24, 2.45) is 5.41 Å². The highest BCUT2D eigenvalue weighted by atomic mass is 16.5. The summed E-state index contributed by atoms with van der Waals surface area (Å²) in [4.78, 5) is 27.5.